The molecule has 3 nitrogen and oxygen atoms in total. The molecule has 1 aliphatic heterocycles. The highest BCUT2D eigenvalue weighted by molar-refractivity contribution is 6.01. The topological polar surface area (TPSA) is 36.1 Å². The predicted molar refractivity (Wildman–Crippen MR) is 92.6 cm³/mol. The van der Waals surface area contributed by atoms with Crippen molar-refractivity contribution in [2.45, 2.75) is 13.0 Å². The van der Waals surface area contributed by atoms with E-state index in [0.29, 0.717) is 6.54 Å². The molecule has 0 unspecified atom stereocenters. The number of benzene rings is 2. The Morgan fingerprint density at radius 2 is 1.91 bits per heavy atom. The van der Waals surface area contributed by atoms with E-state index in [1.165, 1.54) is 10.9 Å². The lowest BCUT2D eigenvalue weighted by molar-refractivity contribution is 0.0771. The van der Waals surface area contributed by atoms with Crippen LogP contribution in [0.5, 0.6) is 0 Å². The van der Waals surface area contributed by atoms with Gasteiger partial charge < -0.3 is 9.88 Å². The summed E-state index contributed by atoms with van der Waals surface area (Å²) in [6.45, 7) is 6.44. The van der Waals surface area contributed by atoms with Gasteiger partial charge in [-0.15, -0.1) is 6.58 Å². The van der Waals surface area contributed by atoms with E-state index in [1.54, 1.807) is 6.08 Å². The van der Waals surface area contributed by atoms with Crippen molar-refractivity contribution in [3.8, 4) is 0 Å². The van der Waals surface area contributed by atoms with E-state index in [9.17, 15) is 4.79 Å². The van der Waals surface area contributed by atoms with Crippen molar-refractivity contribution in [2.75, 3.05) is 6.54 Å². The van der Waals surface area contributed by atoms with Gasteiger partial charge in [-0.1, -0.05) is 42.5 Å². The minimum atomic E-state index is -0.0622. The molecule has 1 amide bonds. The maximum absolute atomic E-state index is 12.8. The highest BCUT2D eigenvalue weighted by atomic mass is 16.2. The molecule has 1 atom stereocenters. The van der Waals surface area contributed by atoms with E-state index in [-0.39, 0.29) is 11.9 Å². The summed E-state index contributed by atoms with van der Waals surface area (Å²) in [5.41, 5.74) is 5.27. The van der Waals surface area contributed by atoms with Crippen LogP contribution in [-0.4, -0.2) is 22.3 Å². The van der Waals surface area contributed by atoms with Crippen LogP contribution in [0.3, 0.4) is 0 Å². The SMILES string of the molecule is C=CCN1C(=O)c2ccccc2[C@@H]1c1c(C)[nH]c2ccccc12. The van der Waals surface area contributed by atoms with Gasteiger partial charge in [-0.2, -0.15) is 0 Å². The summed E-state index contributed by atoms with van der Waals surface area (Å²) in [5, 5.41) is 1.17. The smallest absolute Gasteiger partial charge is 0.255 e. The van der Waals surface area contributed by atoms with Gasteiger partial charge in [-0.05, 0) is 24.6 Å². The fourth-order valence-electron chi connectivity index (χ4n) is 3.66. The number of aromatic amines is 1. The normalized spacial score (nSPS) is 16.8. The lowest BCUT2D eigenvalue weighted by Crippen LogP contribution is -2.29. The van der Waals surface area contributed by atoms with Gasteiger partial charge >= 0.3 is 0 Å². The average Bonchev–Trinajstić information content (AvgIpc) is 3.03. The van der Waals surface area contributed by atoms with Gasteiger partial charge in [0.2, 0.25) is 0 Å². The largest absolute Gasteiger partial charge is 0.358 e. The summed E-state index contributed by atoms with van der Waals surface area (Å²) in [4.78, 5) is 18.2. The summed E-state index contributed by atoms with van der Waals surface area (Å²) in [6.07, 6.45) is 1.79. The molecular formula is C20H18N2O. The summed E-state index contributed by atoms with van der Waals surface area (Å²) in [7, 11) is 0. The number of nitrogens with one attached hydrogen (secondary N) is 1. The fourth-order valence-corrected chi connectivity index (χ4v) is 3.66. The molecule has 1 N–H and O–H groups in total. The van der Waals surface area contributed by atoms with Gasteiger partial charge in [0.05, 0.1) is 6.04 Å². The van der Waals surface area contributed by atoms with Crippen molar-refractivity contribution >= 4 is 16.8 Å². The molecular weight excluding hydrogens is 284 g/mol. The van der Waals surface area contributed by atoms with E-state index in [0.717, 1.165) is 22.3 Å². The summed E-state index contributed by atoms with van der Waals surface area (Å²) in [5.74, 6) is 0.0789. The molecule has 2 aromatic carbocycles. The molecule has 0 aliphatic carbocycles. The minimum absolute atomic E-state index is 0.0622. The fraction of sp³-hybridized carbons (Fsp3) is 0.150. The molecule has 2 heterocycles. The van der Waals surface area contributed by atoms with Crippen molar-refractivity contribution < 1.29 is 4.79 Å². The Labute approximate surface area is 135 Å². The lowest BCUT2D eigenvalue weighted by atomic mass is 9.95. The molecule has 4 rings (SSSR count). The number of H-pyrrole nitrogens is 1. The number of aromatic nitrogens is 1. The maximum atomic E-state index is 12.8. The van der Waals surface area contributed by atoms with Gasteiger partial charge in [0.1, 0.15) is 0 Å². The highest BCUT2D eigenvalue weighted by Crippen LogP contribution is 2.42. The van der Waals surface area contributed by atoms with Crippen LogP contribution in [-0.2, 0) is 0 Å². The second kappa shape index (κ2) is 5.13. The Hall–Kier alpha value is -2.81. The molecule has 0 radical (unpaired) electrons. The number of hydrogen-bond acceptors (Lipinski definition) is 1. The minimum Gasteiger partial charge on any atom is -0.358 e. The Morgan fingerprint density at radius 1 is 1.17 bits per heavy atom. The quantitative estimate of drug-likeness (QED) is 0.723. The highest BCUT2D eigenvalue weighted by Gasteiger charge is 2.38. The monoisotopic (exact) mass is 302 g/mol. The van der Waals surface area contributed by atoms with Gasteiger partial charge in [0.25, 0.3) is 5.91 Å². The van der Waals surface area contributed by atoms with Crippen molar-refractivity contribution in [2.24, 2.45) is 0 Å². The molecule has 0 spiro atoms. The number of para-hydroxylation sites is 1. The number of rotatable bonds is 3. The van der Waals surface area contributed by atoms with Gasteiger partial charge in [-0.25, -0.2) is 0 Å². The van der Waals surface area contributed by atoms with Crippen LogP contribution in [0.2, 0.25) is 0 Å². The van der Waals surface area contributed by atoms with Crippen molar-refractivity contribution in [3.05, 3.63) is 83.6 Å². The lowest BCUT2D eigenvalue weighted by Gasteiger charge is -2.25. The van der Waals surface area contributed by atoms with Crippen LogP contribution < -0.4 is 0 Å². The zero-order chi connectivity index (χ0) is 16.0. The third kappa shape index (κ3) is 1.93. The first-order valence-electron chi connectivity index (χ1n) is 7.80. The van der Waals surface area contributed by atoms with E-state index < -0.39 is 0 Å². The third-order valence-electron chi connectivity index (χ3n) is 4.60. The maximum Gasteiger partial charge on any atom is 0.255 e. The van der Waals surface area contributed by atoms with Crippen LogP contribution in [0, 0.1) is 6.92 Å². The summed E-state index contributed by atoms with van der Waals surface area (Å²) in [6, 6.07) is 16.1. The molecule has 3 heteroatoms. The van der Waals surface area contributed by atoms with Crippen molar-refractivity contribution in [1.29, 1.82) is 0 Å². The molecule has 0 saturated heterocycles. The predicted octanol–water partition coefficient (Wildman–Crippen LogP) is 4.21. The van der Waals surface area contributed by atoms with Crippen LogP contribution in [0.15, 0.2) is 61.2 Å². The molecule has 114 valence electrons. The van der Waals surface area contributed by atoms with Crippen molar-refractivity contribution in [1.82, 2.24) is 9.88 Å². The molecule has 0 fully saturated rings. The average molecular weight is 302 g/mol. The number of hydrogen-bond donors (Lipinski definition) is 1. The number of aryl methyl sites for hydroxylation is 1. The first kappa shape index (κ1) is 13.8. The molecule has 3 aromatic rings. The standard InChI is InChI=1S/C20H18N2O/c1-3-12-22-19(14-8-4-5-9-15(14)20(22)23)18-13(2)21-17-11-7-6-10-16(17)18/h3-11,19,21H,1,12H2,2H3/t19-/m1/s1. The Morgan fingerprint density at radius 3 is 2.74 bits per heavy atom. The first-order chi connectivity index (χ1) is 11.2. The van der Waals surface area contributed by atoms with Crippen molar-refractivity contribution in [3.63, 3.8) is 0 Å². The number of nitrogens with zero attached hydrogens (tertiary/aromatic N) is 1. The molecule has 1 aliphatic rings. The van der Waals surface area contributed by atoms with E-state index >= 15 is 0 Å². The summed E-state index contributed by atoms with van der Waals surface area (Å²) >= 11 is 0. The number of amides is 1. The second-order valence-electron chi connectivity index (χ2n) is 5.95. The van der Waals surface area contributed by atoms with Gasteiger partial charge in [0.15, 0.2) is 0 Å². The molecule has 1 aromatic heterocycles. The Balaban J connectivity index is 1.99. The number of fused-ring (bicyclic) bond motifs is 2. The Bertz CT molecular complexity index is 922. The van der Waals surface area contributed by atoms with E-state index in [1.807, 2.05) is 35.2 Å². The molecule has 0 saturated carbocycles. The van der Waals surface area contributed by atoms with E-state index in [2.05, 4.69) is 36.7 Å². The first-order valence-corrected chi connectivity index (χ1v) is 7.80. The van der Waals surface area contributed by atoms with E-state index in [4.69, 9.17) is 0 Å². The zero-order valence-electron chi connectivity index (χ0n) is 13.0. The summed E-state index contributed by atoms with van der Waals surface area (Å²) < 4.78 is 0. The van der Waals surface area contributed by atoms with Gasteiger partial charge in [-0.3, -0.25) is 4.79 Å². The number of carbonyl (C=O) groups excluding carboxylic acids is 1. The third-order valence-corrected chi connectivity index (χ3v) is 4.60. The number of carbonyl (C=O) groups is 1. The van der Waals surface area contributed by atoms with Crippen LogP contribution in [0.1, 0.15) is 33.2 Å². The molecule has 0 bridgehead atoms. The van der Waals surface area contributed by atoms with Crippen LogP contribution >= 0.6 is 0 Å². The zero-order valence-corrected chi connectivity index (χ0v) is 13.0. The van der Waals surface area contributed by atoms with Crippen LogP contribution in [0.4, 0.5) is 0 Å². The Kier molecular flexibility index (Phi) is 3.08. The van der Waals surface area contributed by atoms with Gasteiger partial charge in [0, 0.05) is 34.3 Å². The molecule has 23 heavy (non-hydrogen) atoms. The van der Waals surface area contributed by atoms with Crippen LogP contribution in [0.25, 0.3) is 10.9 Å². The second-order valence-corrected chi connectivity index (χ2v) is 5.95.